The number of fused-ring (bicyclic) bond motifs is 1. The molecule has 0 aromatic heterocycles. The summed E-state index contributed by atoms with van der Waals surface area (Å²) in [6.45, 7) is 1.44. The molecule has 0 bridgehead atoms. The van der Waals surface area contributed by atoms with E-state index in [9.17, 15) is 9.90 Å². The lowest BCUT2D eigenvalue weighted by Gasteiger charge is -2.35. The zero-order chi connectivity index (χ0) is 22.3. The number of aliphatic hydroxyl groups excluding tert-OH is 1. The number of methoxy groups -OCH3 is 1. The third-order valence-electron chi connectivity index (χ3n) is 6.39. The number of nitrogens with zero attached hydrogens (tertiary/aromatic N) is 1. The van der Waals surface area contributed by atoms with E-state index in [-0.39, 0.29) is 12.0 Å². The molecule has 1 fully saturated rings. The number of anilines is 1. The molecule has 5 nitrogen and oxygen atoms in total. The van der Waals surface area contributed by atoms with E-state index in [0.717, 1.165) is 54.4 Å². The van der Waals surface area contributed by atoms with E-state index in [1.807, 2.05) is 42.5 Å². The highest BCUT2D eigenvalue weighted by molar-refractivity contribution is 6.02. The maximum absolute atomic E-state index is 12.9. The predicted molar refractivity (Wildman–Crippen MR) is 129 cm³/mol. The average Bonchev–Trinajstić information content (AvgIpc) is 2.83. The van der Waals surface area contributed by atoms with Crippen LogP contribution in [0.2, 0.25) is 0 Å². The van der Waals surface area contributed by atoms with Gasteiger partial charge in [-0.1, -0.05) is 48.5 Å². The quantitative estimate of drug-likeness (QED) is 0.527. The van der Waals surface area contributed by atoms with Gasteiger partial charge in [0.15, 0.2) is 0 Å². The Morgan fingerprint density at radius 1 is 1.03 bits per heavy atom. The van der Waals surface area contributed by atoms with Gasteiger partial charge in [-0.25, -0.2) is 0 Å². The first kappa shape index (κ1) is 22.3. The van der Waals surface area contributed by atoms with E-state index in [4.69, 9.17) is 4.74 Å². The lowest BCUT2D eigenvalue weighted by atomic mass is 9.91. The van der Waals surface area contributed by atoms with Crippen LogP contribution in [0.15, 0.2) is 66.7 Å². The Morgan fingerprint density at radius 3 is 2.59 bits per heavy atom. The third kappa shape index (κ3) is 5.67. The number of carbonyl (C=O) groups is 1. The fourth-order valence-electron chi connectivity index (χ4n) is 4.61. The number of nitrogens with one attached hydrogen (secondary N) is 1. The molecule has 5 heteroatoms. The first-order valence-electron chi connectivity index (χ1n) is 11.4. The Bertz CT molecular complexity index is 1040. The van der Waals surface area contributed by atoms with Crippen LogP contribution in [0, 0.1) is 0 Å². The van der Waals surface area contributed by atoms with E-state index < -0.39 is 0 Å². The van der Waals surface area contributed by atoms with Crippen molar-refractivity contribution in [3.8, 4) is 5.75 Å². The van der Waals surface area contributed by atoms with Gasteiger partial charge in [0.1, 0.15) is 5.75 Å². The van der Waals surface area contributed by atoms with Crippen LogP contribution in [0.5, 0.6) is 5.75 Å². The smallest absolute Gasteiger partial charge is 0.225 e. The number of aliphatic hydroxyl groups is 1. The summed E-state index contributed by atoms with van der Waals surface area (Å²) in [4.78, 5) is 15.2. The highest BCUT2D eigenvalue weighted by atomic mass is 16.5. The van der Waals surface area contributed by atoms with Crippen molar-refractivity contribution in [1.82, 2.24) is 4.90 Å². The number of hydrogen-bond acceptors (Lipinski definition) is 4. The van der Waals surface area contributed by atoms with E-state index in [1.165, 1.54) is 5.56 Å². The van der Waals surface area contributed by atoms with Gasteiger partial charge in [-0.05, 0) is 54.8 Å². The van der Waals surface area contributed by atoms with Gasteiger partial charge in [0.2, 0.25) is 5.91 Å². The van der Waals surface area contributed by atoms with Gasteiger partial charge in [0.05, 0.1) is 13.2 Å². The number of carbonyl (C=O) groups excluding carboxylic acids is 1. The molecule has 1 amide bonds. The minimum atomic E-state index is -0.195. The van der Waals surface area contributed by atoms with Crippen LogP contribution >= 0.6 is 0 Å². The lowest BCUT2D eigenvalue weighted by Crippen LogP contribution is -2.40. The van der Waals surface area contributed by atoms with Gasteiger partial charge in [-0.3, -0.25) is 9.69 Å². The van der Waals surface area contributed by atoms with Crippen molar-refractivity contribution in [3.05, 3.63) is 72.3 Å². The fraction of sp³-hybridized carbons (Fsp3) is 0.370. The van der Waals surface area contributed by atoms with Crippen molar-refractivity contribution in [2.24, 2.45) is 0 Å². The Kier molecular flexibility index (Phi) is 7.40. The molecule has 0 radical (unpaired) electrons. The molecule has 2 N–H and O–H groups in total. The number of amides is 1. The summed E-state index contributed by atoms with van der Waals surface area (Å²) < 4.78 is 5.38. The molecule has 0 heterocycles. The Balaban J connectivity index is 1.43. The summed E-state index contributed by atoms with van der Waals surface area (Å²) in [7, 11) is 1.68. The number of ether oxygens (including phenoxy) is 1. The fourth-order valence-corrected chi connectivity index (χ4v) is 4.61. The molecule has 0 unspecified atom stereocenters. The largest absolute Gasteiger partial charge is 0.497 e. The molecule has 32 heavy (non-hydrogen) atoms. The van der Waals surface area contributed by atoms with Crippen LogP contribution in [-0.2, 0) is 11.3 Å². The van der Waals surface area contributed by atoms with Crippen LogP contribution in [0.25, 0.3) is 10.8 Å². The van der Waals surface area contributed by atoms with Crippen molar-refractivity contribution < 1.29 is 14.6 Å². The molecule has 0 atom stereocenters. The van der Waals surface area contributed by atoms with Gasteiger partial charge < -0.3 is 15.2 Å². The second kappa shape index (κ2) is 10.6. The van der Waals surface area contributed by atoms with Crippen LogP contribution in [-0.4, -0.2) is 41.7 Å². The monoisotopic (exact) mass is 432 g/mol. The lowest BCUT2D eigenvalue weighted by molar-refractivity contribution is -0.116. The average molecular weight is 433 g/mol. The highest BCUT2D eigenvalue weighted by Gasteiger charge is 2.25. The molecule has 0 aliphatic heterocycles. The highest BCUT2D eigenvalue weighted by Crippen LogP contribution is 2.26. The SMILES string of the molecule is COc1cccc(CN(CCC(=O)Nc2cccc3ccccc23)C2CCC(O)CC2)c1. The maximum atomic E-state index is 12.9. The molecular weight excluding hydrogens is 400 g/mol. The van der Waals surface area contributed by atoms with Crippen LogP contribution in [0.4, 0.5) is 5.69 Å². The summed E-state index contributed by atoms with van der Waals surface area (Å²) in [5.41, 5.74) is 2.03. The van der Waals surface area contributed by atoms with Crippen molar-refractivity contribution in [1.29, 1.82) is 0 Å². The zero-order valence-corrected chi connectivity index (χ0v) is 18.7. The molecule has 1 saturated carbocycles. The van der Waals surface area contributed by atoms with Gasteiger partial charge in [-0.2, -0.15) is 0 Å². The molecule has 1 aliphatic rings. The Morgan fingerprint density at radius 2 is 1.78 bits per heavy atom. The Labute approximate surface area is 190 Å². The predicted octanol–water partition coefficient (Wildman–Crippen LogP) is 4.98. The normalized spacial score (nSPS) is 18.6. The van der Waals surface area contributed by atoms with Crippen molar-refractivity contribution >= 4 is 22.4 Å². The second-order valence-corrected chi connectivity index (χ2v) is 8.61. The van der Waals surface area contributed by atoms with Gasteiger partial charge in [0.25, 0.3) is 0 Å². The molecule has 0 spiro atoms. The summed E-state index contributed by atoms with van der Waals surface area (Å²) in [5, 5.41) is 15.2. The topological polar surface area (TPSA) is 61.8 Å². The van der Waals surface area contributed by atoms with Crippen molar-refractivity contribution in [2.45, 2.75) is 50.8 Å². The molecular formula is C27H32N2O3. The van der Waals surface area contributed by atoms with Crippen molar-refractivity contribution in [2.75, 3.05) is 19.0 Å². The minimum absolute atomic E-state index is 0.0211. The first-order chi connectivity index (χ1) is 15.6. The van der Waals surface area contributed by atoms with Crippen LogP contribution in [0.3, 0.4) is 0 Å². The van der Waals surface area contributed by atoms with Crippen LogP contribution in [0.1, 0.15) is 37.7 Å². The van der Waals surface area contributed by atoms with Crippen molar-refractivity contribution in [3.63, 3.8) is 0 Å². The molecule has 4 rings (SSSR count). The summed E-state index contributed by atoms with van der Waals surface area (Å²) >= 11 is 0. The van der Waals surface area contributed by atoms with E-state index in [1.54, 1.807) is 7.11 Å². The van der Waals surface area contributed by atoms with E-state index >= 15 is 0 Å². The van der Waals surface area contributed by atoms with Gasteiger partial charge in [-0.15, -0.1) is 0 Å². The van der Waals surface area contributed by atoms with E-state index in [0.29, 0.717) is 19.0 Å². The summed E-state index contributed by atoms with van der Waals surface area (Å²) in [6, 6.07) is 22.5. The third-order valence-corrected chi connectivity index (χ3v) is 6.39. The molecule has 3 aromatic rings. The molecule has 0 saturated heterocycles. The minimum Gasteiger partial charge on any atom is -0.497 e. The first-order valence-corrected chi connectivity index (χ1v) is 11.4. The summed E-state index contributed by atoms with van der Waals surface area (Å²) in [5.74, 6) is 0.864. The summed E-state index contributed by atoms with van der Waals surface area (Å²) in [6.07, 6.45) is 3.78. The molecule has 3 aromatic carbocycles. The second-order valence-electron chi connectivity index (χ2n) is 8.61. The van der Waals surface area contributed by atoms with Crippen LogP contribution < -0.4 is 10.1 Å². The zero-order valence-electron chi connectivity index (χ0n) is 18.7. The molecule has 168 valence electrons. The van der Waals surface area contributed by atoms with Gasteiger partial charge in [0, 0.05) is 36.6 Å². The Hall–Kier alpha value is -2.89. The van der Waals surface area contributed by atoms with Gasteiger partial charge >= 0.3 is 0 Å². The number of benzene rings is 3. The van der Waals surface area contributed by atoms with E-state index in [2.05, 4.69) is 34.5 Å². The maximum Gasteiger partial charge on any atom is 0.225 e. The molecule has 1 aliphatic carbocycles. The number of rotatable bonds is 8. The standard InChI is InChI=1S/C27H32N2O3/c1-32-24-9-4-6-20(18-24)19-29(22-12-14-23(30)15-13-22)17-16-27(31)28-26-11-5-8-21-7-2-3-10-25(21)26/h2-11,18,22-23,30H,12-17,19H2,1H3,(H,28,31). The number of hydrogen-bond donors (Lipinski definition) is 2.